The third kappa shape index (κ3) is 2.90. The Hall–Kier alpha value is -3.38. The number of rotatable bonds is 2. The zero-order chi connectivity index (χ0) is 19.1. The smallest absolute Gasteiger partial charge is 0.335 e. The Morgan fingerprint density at radius 3 is 2.56 bits per heavy atom. The normalized spacial score (nSPS) is 14.3. The maximum Gasteiger partial charge on any atom is 0.335 e. The average Bonchev–Trinajstić information content (AvgIpc) is 2.95. The molecule has 2 heterocycles. The van der Waals surface area contributed by atoms with Crippen LogP contribution in [0.4, 0.5) is 5.69 Å². The highest BCUT2D eigenvalue weighted by atomic mass is 35.5. The second-order valence-corrected chi connectivity index (χ2v) is 6.52. The molecule has 3 aromatic rings. The van der Waals surface area contributed by atoms with Gasteiger partial charge in [0.15, 0.2) is 0 Å². The van der Waals surface area contributed by atoms with E-state index in [2.05, 4.69) is 9.98 Å². The zero-order valence-electron chi connectivity index (χ0n) is 14.2. The van der Waals surface area contributed by atoms with E-state index >= 15 is 0 Å². The van der Waals surface area contributed by atoms with Crippen molar-refractivity contribution < 1.29 is 5.11 Å². The molecule has 27 heavy (non-hydrogen) atoms. The van der Waals surface area contributed by atoms with Crippen molar-refractivity contribution in [1.82, 2.24) is 9.55 Å². The van der Waals surface area contributed by atoms with Crippen LogP contribution in [-0.4, -0.2) is 20.4 Å². The summed E-state index contributed by atoms with van der Waals surface area (Å²) in [4.78, 5) is 31.4. The molecule has 6 nitrogen and oxygen atoms in total. The summed E-state index contributed by atoms with van der Waals surface area (Å²) in [6.45, 7) is 1.83. The van der Waals surface area contributed by atoms with E-state index in [1.807, 2.05) is 31.2 Å². The molecule has 2 aromatic carbocycles. The van der Waals surface area contributed by atoms with Crippen molar-refractivity contribution in [3.63, 3.8) is 0 Å². The van der Waals surface area contributed by atoms with Crippen LogP contribution in [0.25, 0.3) is 17.3 Å². The summed E-state index contributed by atoms with van der Waals surface area (Å²) in [6, 6.07) is 13.9. The van der Waals surface area contributed by atoms with E-state index in [-0.39, 0.29) is 5.56 Å². The van der Waals surface area contributed by atoms with Crippen molar-refractivity contribution in [3.05, 3.63) is 85.5 Å². The highest BCUT2D eigenvalue weighted by molar-refractivity contribution is 6.31. The van der Waals surface area contributed by atoms with Gasteiger partial charge in [-0.25, -0.2) is 9.36 Å². The maximum absolute atomic E-state index is 12.4. The van der Waals surface area contributed by atoms with Crippen LogP contribution in [0.1, 0.15) is 18.1 Å². The number of aromatic amines is 1. The van der Waals surface area contributed by atoms with Crippen LogP contribution >= 0.6 is 11.6 Å². The molecule has 7 heteroatoms. The molecule has 2 N–H and O–H groups in total. The Morgan fingerprint density at radius 1 is 1.11 bits per heavy atom. The Labute approximate surface area is 158 Å². The molecule has 0 spiro atoms. The Bertz CT molecular complexity index is 1230. The summed E-state index contributed by atoms with van der Waals surface area (Å²) in [6.07, 6.45) is 1.55. The molecule has 0 amide bonds. The number of nitrogens with one attached hydrogen (secondary N) is 1. The number of aromatic nitrogens is 2. The molecule has 0 saturated carbocycles. The number of hydrogen-bond acceptors (Lipinski definition) is 4. The number of benzene rings is 2. The molecule has 0 bridgehead atoms. The second-order valence-electron chi connectivity index (χ2n) is 6.08. The van der Waals surface area contributed by atoms with Crippen molar-refractivity contribution in [2.75, 3.05) is 0 Å². The number of H-pyrrole nitrogens is 1. The zero-order valence-corrected chi connectivity index (χ0v) is 15.0. The van der Waals surface area contributed by atoms with E-state index in [4.69, 9.17) is 11.6 Å². The van der Waals surface area contributed by atoms with Gasteiger partial charge in [0.2, 0.25) is 5.88 Å². The van der Waals surface area contributed by atoms with E-state index in [0.717, 1.165) is 21.5 Å². The first kappa shape index (κ1) is 17.1. The largest absolute Gasteiger partial charge is 0.494 e. The van der Waals surface area contributed by atoms with Gasteiger partial charge < -0.3 is 5.11 Å². The van der Waals surface area contributed by atoms with E-state index in [1.165, 1.54) is 0 Å². The average molecular weight is 380 g/mol. The van der Waals surface area contributed by atoms with Crippen LogP contribution < -0.4 is 11.2 Å². The monoisotopic (exact) mass is 379 g/mol. The van der Waals surface area contributed by atoms with Crippen LogP contribution in [0.5, 0.6) is 5.88 Å². The first-order valence-electron chi connectivity index (χ1n) is 8.16. The first-order chi connectivity index (χ1) is 13.0. The lowest BCUT2D eigenvalue weighted by atomic mass is 10.0. The summed E-state index contributed by atoms with van der Waals surface area (Å²) < 4.78 is 1.03. The van der Waals surface area contributed by atoms with Gasteiger partial charge in [0.1, 0.15) is 5.56 Å². The molecule has 0 unspecified atom stereocenters. The summed E-state index contributed by atoms with van der Waals surface area (Å²) >= 11 is 5.88. The van der Waals surface area contributed by atoms with Gasteiger partial charge in [-0.05, 0) is 43.3 Å². The molecule has 1 aliphatic heterocycles. The molecule has 0 radical (unpaired) electrons. The van der Waals surface area contributed by atoms with E-state index in [0.29, 0.717) is 16.3 Å². The van der Waals surface area contributed by atoms with Crippen molar-refractivity contribution in [3.8, 4) is 11.6 Å². The summed E-state index contributed by atoms with van der Waals surface area (Å²) in [5.74, 6) is -0.448. The van der Waals surface area contributed by atoms with Crippen molar-refractivity contribution in [1.29, 1.82) is 0 Å². The second kappa shape index (κ2) is 6.41. The first-order valence-corrected chi connectivity index (χ1v) is 8.54. The number of nitrogens with zero attached hydrogens (tertiary/aromatic N) is 2. The molecular weight excluding hydrogens is 366 g/mol. The number of allylic oxidation sites excluding steroid dienone is 1. The molecule has 0 aliphatic carbocycles. The number of aromatic hydroxyl groups is 1. The standard InChI is InChI=1S/C20H14ClN3O3/c1-11-15(14-4-2-3-5-17(14)22-11)10-16-18(25)23-20(27)24(19(16)26)13-8-6-12(21)7-9-13/h2-10,26H,1H3,(H,23,25,27). The molecule has 1 aliphatic rings. The van der Waals surface area contributed by atoms with Crippen molar-refractivity contribution in [2.45, 2.75) is 6.92 Å². The number of fused-ring (bicyclic) bond motifs is 1. The van der Waals surface area contributed by atoms with Gasteiger partial charge in [-0.1, -0.05) is 29.8 Å². The Kier molecular flexibility index (Phi) is 4.05. The minimum atomic E-state index is -0.737. The third-order valence-electron chi connectivity index (χ3n) is 4.37. The van der Waals surface area contributed by atoms with E-state index < -0.39 is 17.1 Å². The SMILES string of the molecule is CC1=Nc2ccccc2C1=Cc1c(O)n(-c2ccc(Cl)cc2)c(=O)[nH]c1=O. The van der Waals surface area contributed by atoms with E-state index in [9.17, 15) is 14.7 Å². The molecule has 0 fully saturated rings. The van der Waals surface area contributed by atoms with E-state index in [1.54, 1.807) is 30.3 Å². The fourth-order valence-corrected chi connectivity index (χ4v) is 3.19. The topological polar surface area (TPSA) is 87.4 Å². The van der Waals surface area contributed by atoms with Crippen molar-refractivity contribution >= 4 is 34.6 Å². The maximum atomic E-state index is 12.4. The quantitative estimate of drug-likeness (QED) is 0.714. The van der Waals surface area contributed by atoms with Crippen LogP contribution in [0.3, 0.4) is 0 Å². The number of para-hydroxylation sites is 1. The molecule has 0 atom stereocenters. The fraction of sp³-hybridized carbons (Fsp3) is 0.0500. The highest BCUT2D eigenvalue weighted by Gasteiger charge is 2.20. The Morgan fingerprint density at radius 2 is 1.81 bits per heavy atom. The van der Waals surface area contributed by atoms with Gasteiger partial charge in [-0.2, -0.15) is 0 Å². The molecular formula is C20H14ClN3O3. The van der Waals surface area contributed by atoms with Crippen LogP contribution in [0, 0.1) is 0 Å². The predicted octanol–water partition coefficient (Wildman–Crippen LogP) is 3.53. The van der Waals surface area contributed by atoms with Gasteiger partial charge in [0.05, 0.1) is 11.4 Å². The van der Waals surface area contributed by atoms with Gasteiger partial charge in [0, 0.05) is 21.9 Å². The van der Waals surface area contributed by atoms with Gasteiger partial charge in [-0.15, -0.1) is 0 Å². The molecule has 1 aromatic heterocycles. The van der Waals surface area contributed by atoms with Gasteiger partial charge in [0.25, 0.3) is 5.56 Å². The molecule has 4 rings (SSSR count). The molecule has 134 valence electrons. The van der Waals surface area contributed by atoms with Gasteiger partial charge >= 0.3 is 5.69 Å². The fourth-order valence-electron chi connectivity index (χ4n) is 3.06. The lowest BCUT2D eigenvalue weighted by Gasteiger charge is -2.10. The summed E-state index contributed by atoms with van der Waals surface area (Å²) in [5, 5.41) is 11.2. The summed E-state index contributed by atoms with van der Waals surface area (Å²) in [5.41, 5.74) is 2.04. The molecule has 0 saturated heterocycles. The number of aliphatic imine (C=N–C) groups is 1. The van der Waals surface area contributed by atoms with Crippen LogP contribution in [-0.2, 0) is 0 Å². The minimum absolute atomic E-state index is 0.0224. The van der Waals surface area contributed by atoms with Crippen molar-refractivity contribution in [2.24, 2.45) is 4.99 Å². The summed E-state index contributed by atoms with van der Waals surface area (Å²) in [7, 11) is 0. The van der Waals surface area contributed by atoms with Crippen LogP contribution in [0.15, 0.2) is 63.1 Å². The lowest BCUT2D eigenvalue weighted by molar-refractivity contribution is 0.429. The lowest BCUT2D eigenvalue weighted by Crippen LogP contribution is -2.30. The minimum Gasteiger partial charge on any atom is -0.494 e. The van der Waals surface area contributed by atoms with Gasteiger partial charge in [-0.3, -0.25) is 14.8 Å². The number of hydrogen-bond donors (Lipinski definition) is 2. The predicted molar refractivity (Wildman–Crippen MR) is 106 cm³/mol. The van der Waals surface area contributed by atoms with Crippen LogP contribution in [0.2, 0.25) is 5.02 Å². The number of halogens is 1. The highest BCUT2D eigenvalue weighted by Crippen LogP contribution is 2.36. The Balaban J connectivity index is 1.94. The third-order valence-corrected chi connectivity index (χ3v) is 4.62.